The van der Waals surface area contributed by atoms with E-state index in [1.54, 1.807) is 14.2 Å². The van der Waals surface area contributed by atoms with Crippen LogP contribution < -0.4 is 14.8 Å². The summed E-state index contributed by atoms with van der Waals surface area (Å²) in [7, 11) is 3.22. The van der Waals surface area contributed by atoms with Gasteiger partial charge in [-0.1, -0.05) is 19.1 Å². The average Bonchev–Trinajstić information content (AvgIpc) is 2.61. The van der Waals surface area contributed by atoms with E-state index in [0.717, 1.165) is 28.7 Å². The molecule has 0 aliphatic heterocycles. The molecule has 2 rings (SSSR count). The smallest absolute Gasteiger partial charge is 0.252 e. The molecule has 1 amide bonds. The molecule has 1 N–H and O–H groups in total. The fourth-order valence-electron chi connectivity index (χ4n) is 2.93. The molecule has 0 bridgehead atoms. The Bertz CT molecular complexity index is 768. The molecule has 134 valence electrons. The molecule has 2 aromatic rings. The average molecular weight is 341 g/mol. The second kappa shape index (κ2) is 8.06. The van der Waals surface area contributed by atoms with Crippen molar-refractivity contribution < 1.29 is 14.3 Å². The number of methoxy groups -OCH3 is 2. The first-order valence-electron chi connectivity index (χ1n) is 8.51. The first-order valence-corrected chi connectivity index (χ1v) is 8.51. The van der Waals surface area contributed by atoms with Gasteiger partial charge in [0.25, 0.3) is 5.91 Å². The predicted octanol–water partition coefficient (Wildman–Crippen LogP) is 4.51. The van der Waals surface area contributed by atoms with Gasteiger partial charge in [-0.05, 0) is 67.6 Å². The van der Waals surface area contributed by atoms with E-state index >= 15 is 0 Å². The van der Waals surface area contributed by atoms with E-state index in [2.05, 4.69) is 25.2 Å². The highest BCUT2D eigenvalue weighted by Crippen LogP contribution is 2.31. The van der Waals surface area contributed by atoms with Crippen molar-refractivity contribution in [3.8, 4) is 11.5 Å². The topological polar surface area (TPSA) is 47.6 Å². The summed E-state index contributed by atoms with van der Waals surface area (Å²) in [6.45, 7) is 8.10. The number of ether oxygens (including phenoxy) is 2. The molecule has 0 saturated heterocycles. The molecule has 0 radical (unpaired) electrons. The zero-order valence-electron chi connectivity index (χ0n) is 15.9. The first kappa shape index (κ1) is 18.8. The van der Waals surface area contributed by atoms with Crippen LogP contribution in [0.25, 0.3) is 0 Å². The van der Waals surface area contributed by atoms with Crippen molar-refractivity contribution in [2.24, 2.45) is 0 Å². The van der Waals surface area contributed by atoms with Crippen LogP contribution in [-0.4, -0.2) is 20.1 Å². The van der Waals surface area contributed by atoms with E-state index in [1.807, 2.05) is 38.1 Å². The van der Waals surface area contributed by atoms with Crippen LogP contribution in [-0.2, 0) is 0 Å². The van der Waals surface area contributed by atoms with Crippen LogP contribution in [0.15, 0.2) is 30.3 Å². The highest BCUT2D eigenvalue weighted by atomic mass is 16.5. The third-order valence-corrected chi connectivity index (χ3v) is 4.61. The molecule has 0 saturated carbocycles. The SMILES string of the molecule is CC[C@@H](NC(=O)c1cc(C)c(C)cc1C)c1ccc(OC)c(OC)c1. The van der Waals surface area contributed by atoms with Crippen molar-refractivity contribution in [3.05, 3.63) is 58.1 Å². The Morgan fingerprint density at radius 3 is 2.20 bits per heavy atom. The summed E-state index contributed by atoms with van der Waals surface area (Å²) in [5.41, 5.74) is 5.02. The Balaban J connectivity index is 2.28. The van der Waals surface area contributed by atoms with Crippen LogP contribution in [0.5, 0.6) is 11.5 Å². The molecule has 0 heterocycles. The van der Waals surface area contributed by atoms with E-state index in [0.29, 0.717) is 11.5 Å². The minimum Gasteiger partial charge on any atom is -0.493 e. The van der Waals surface area contributed by atoms with Gasteiger partial charge in [-0.25, -0.2) is 0 Å². The van der Waals surface area contributed by atoms with Crippen LogP contribution in [0.1, 0.15) is 52.0 Å². The molecule has 0 fully saturated rings. The van der Waals surface area contributed by atoms with Crippen LogP contribution in [0, 0.1) is 20.8 Å². The molecule has 0 aliphatic rings. The summed E-state index contributed by atoms with van der Waals surface area (Å²) in [6, 6.07) is 9.67. The molecule has 0 unspecified atom stereocenters. The van der Waals surface area contributed by atoms with Gasteiger partial charge in [0.1, 0.15) is 0 Å². The van der Waals surface area contributed by atoms with Gasteiger partial charge in [0, 0.05) is 5.56 Å². The van der Waals surface area contributed by atoms with Crippen molar-refractivity contribution in [1.29, 1.82) is 0 Å². The molecule has 0 aliphatic carbocycles. The Labute approximate surface area is 150 Å². The van der Waals surface area contributed by atoms with Gasteiger partial charge >= 0.3 is 0 Å². The summed E-state index contributed by atoms with van der Waals surface area (Å²) < 4.78 is 10.7. The minimum absolute atomic E-state index is 0.0535. The monoisotopic (exact) mass is 341 g/mol. The lowest BCUT2D eigenvalue weighted by atomic mass is 9.99. The molecule has 0 spiro atoms. The van der Waals surface area contributed by atoms with E-state index < -0.39 is 0 Å². The van der Waals surface area contributed by atoms with Crippen molar-refractivity contribution in [3.63, 3.8) is 0 Å². The fourth-order valence-corrected chi connectivity index (χ4v) is 2.93. The van der Waals surface area contributed by atoms with E-state index in [1.165, 1.54) is 5.56 Å². The number of rotatable bonds is 6. The number of carbonyl (C=O) groups is 1. The van der Waals surface area contributed by atoms with Crippen LogP contribution in [0.3, 0.4) is 0 Å². The number of hydrogen-bond donors (Lipinski definition) is 1. The molecule has 4 nitrogen and oxygen atoms in total. The molecule has 2 aromatic carbocycles. The number of carbonyl (C=O) groups excluding carboxylic acids is 1. The Hall–Kier alpha value is -2.49. The molecule has 25 heavy (non-hydrogen) atoms. The third kappa shape index (κ3) is 4.13. The number of benzene rings is 2. The first-order chi connectivity index (χ1) is 11.9. The van der Waals surface area contributed by atoms with Crippen LogP contribution >= 0.6 is 0 Å². The minimum atomic E-state index is -0.0895. The summed E-state index contributed by atoms with van der Waals surface area (Å²) >= 11 is 0. The number of hydrogen-bond acceptors (Lipinski definition) is 3. The van der Waals surface area contributed by atoms with Gasteiger partial charge in [-0.2, -0.15) is 0 Å². The third-order valence-electron chi connectivity index (χ3n) is 4.61. The fraction of sp³-hybridized carbons (Fsp3) is 0.381. The molecular formula is C21H27NO3. The number of aryl methyl sites for hydroxylation is 3. The van der Waals surface area contributed by atoms with Crippen molar-refractivity contribution in [1.82, 2.24) is 5.32 Å². The Kier molecular flexibility index (Phi) is 6.07. The maximum atomic E-state index is 12.8. The maximum absolute atomic E-state index is 12.8. The zero-order chi connectivity index (χ0) is 18.6. The summed E-state index contributed by atoms with van der Waals surface area (Å²) in [5, 5.41) is 3.14. The zero-order valence-corrected chi connectivity index (χ0v) is 15.9. The van der Waals surface area contributed by atoms with Crippen molar-refractivity contribution >= 4 is 5.91 Å². The highest BCUT2D eigenvalue weighted by molar-refractivity contribution is 5.96. The van der Waals surface area contributed by atoms with Gasteiger partial charge in [-0.3, -0.25) is 4.79 Å². The van der Waals surface area contributed by atoms with Crippen molar-refractivity contribution in [2.75, 3.05) is 14.2 Å². The quantitative estimate of drug-likeness (QED) is 0.841. The van der Waals surface area contributed by atoms with Gasteiger partial charge in [0.05, 0.1) is 20.3 Å². The van der Waals surface area contributed by atoms with E-state index in [-0.39, 0.29) is 11.9 Å². The normalized spacial score (nSPS) is 11.8. The number of amides is 1. The molecule has 0 aromatic heterocycles. The van der Waals surface area contributed by atoms with E-state index in [9.17, 15) is 4.79 Å². The summed E-state index contributed by atoms with van der Waals surface area (Å²) in [6.07, 6.45) is 0.783. The van der Waals surface area contributed by atoms with Crippen molar-refractivity contribution in [2.45, 2.75) is 40.2 Å². The van der Waals surface area contributed by atoms with E-state index in [4.69, 9.17) is 9.47 Å². The molecule has 4 heteroatoms. The van der Waals surface area contributed by atoms with Crippen LogP contribution in [0.2, 0.25) is 0 Å². The summed E-state index contributed by atoms with van der Waals surface area (Å²) in [5.74, 6) is 1.29. The van der Waals surface area contributed by atoms with Crippen LogP contribution in [0.4, 0.5) is 0 Å². The highest BCUT2D eigenvalue weighted by Gasteiger charge is 2.18. The lowest BCUT2D eigenvalue weighted by Gasteiger charge is -2.20. The van der Waals surface area contributed by atoms with Gasteiger partial charge in [0.15, 0.2) is 11.5 Å². The van der Waals surface area contributed by atoms with Gasteiger partial charge in [0.2, 0.25) is 0 Å². The van der Waals surface area contributed by atoms with Gasteiger partial charge in [-0.15, -0.1) is 0 Å². The largest absolute Gasteiger partial charge is 0.493 e. The van der Waals surface area contributed by atoms with Gasteiger partial charge < -0.3 is 14.8 Å². The Morgan fingerprint density at radius 1 is 0.960 bits per heavy atom. The lowest BCUT2D eigenvalue weighted by Crippen LogP contribution is -2.29. The Morgan fingerprint density at radius 2 is 1.60 bits per heavy atom. The molecule has 1 atom stereocenters. The standard InChI is InChI=1S/C21H27NO3/c1-7-18(16-8-9-19(24-5)20(12-16)25-6)22-21(23)17-11-14(3)13(2)10-15(17)4/h8-12,18H,7H2,1-6H3,(H,22,23)/t18-/m1/s1. The maximum Gasteiger partial charge on any atom is 0.252 e. The second-order valence-electron chi connectivity index (χ2n) is 6.30. The summed E-state index contributed by atoms with van der Waals surface area (Å²) in [4.78, 5) is 12.8. The second-order valence-corrected chi connectivity index (χ2v) is 6.30. The number of nitrogens with one attached hydrogen (secondary N) is 1. The predicted molar refractivity (Wildman–Crippen MR) is 101 cm³/mol. The molecular weight excluding hydrogens is 314 g/mol. The lowest BCUT2D eigenvalue weighted by molar-refractivity contribution is 0.0935.